The van der Waals surface area contributed by atoms with Crippen molar-refractivity contribution in [2.45, 2.75) is 18.8 Å². The fourth-order valence-electron chi connectivity index (χ4n) is 2.90. The Morgan fingerprint density at radius 3 is 3.00 bits per heavy atom. The molecule has 0 radical (unpaired) electrons. The van der Waals surface area contributed by atoms with E-state index in [0.29, 0.717) is 11.4 Å². The van der Waals surface area contributed by atoms with Crippen molar-refractivity contribution in [1.29, 1.82) is 5.41 Å². The molecular weight excluding hydrogens is 226 g/mol. The van der Waals surface area contributed by atoms with Gasteiger partial charge >= 0.3 is 0 Å². The molecule has 4 N–H and O–H groups in total. The van der Waals surface area contributed by atoms with Gasteiger partial charge < -0.3 is 16.5 Å². The van der Waals surface area contributed by atoms with Gasteiger partial charge in [0, 0.05) is 23.0 Å². The van der Waals surface area contributed by atoms with Crippen LogP contribution in [0.4, 0.5) is 5.69 Å². The molecule has 3 rings (SSSR count). The van der Waals surface area contributed by atoms with Gasteiger partial charge in [-0.3, -0.25) is 4.79 Å². The number of benzene rings is 1. The molecule has 1 fully saturated rings. The lowest BCUT2D eigenvalue weighted by Gasteiger charge is -2.08. The van der Waals surface area contributed by atoms with Gasteiger partial charge in [-0.05, 0) is 31.1 Å². The summed E-state index contributed by atoms with van der Waals surface area (Å²) in [6.07, 6.45) is 2.39. The highest BCUT2D eigenvalue weighted by molar-refractivity contribution is 6.09. The summed E-state index contributed by atoms with van der Waals surface area (Å²) in [5, 5.41) is 10.4. The van der Waals surface area contributed by atoms with E-state index < -0.39 is 5.41 Å². The molecule has 1 aliphatic heterocycles. The second-order valence-electron chi connectivity index (χ2n) is 5.06. The number of allylic oxidation sites excluding steroid dienone is 2. The predicted molar refractivity (Wildman–Crippen MR) is 70.5 cm³/mol. The molecular formula is C14H15N3O. The molecule has 4 heteroatoms. The first-order chi connectivity index (χ1) is 8.55. The zero-order valence-electron chi connectivity index (χ0n) is 10.2. The minimum Gasteiger partial charge on any atom is -0.402 e. The topological polar surface area (TPSA) is 79.0 Å². The molecule has 1 aromatic rings. The average Bonchev–Trinajstić information content (AvgIpc) is 2.98. The van der Waals surface area contributed by atoms with Crippen LogP contribution in [0.3, 0.4) is 0 Å². The lowest BCUT2D eigenvalue weighted by atomic mass is 9.93. The van der Waals surface area contributed by atoms with Crippen LogP contribution in [-0.4, -0.2) is 11.6 Å². The molecule has 0 bridgehead atoms. The third-order valence-corrected chi connectivity index (χ3v) is 3.81. The van der Waals surface area contributed by atoms with Gasteiger partial charge in [0.05, 0.1) is 5.41 Å². The summed E-state index contributed by atoms with van der Waals surface area (Å²) in [6, 6.07) is 7.76. The second-order valence-corrected chi connectivity index (χ2v) is 5.06. The summed E-state index contributed by atoms with van der Waals surface area (Å²) in [6.45, 7) is 1.69. The van der Waals surface area contributed by atoms with Crippen LogP contribution in [0.5, 0.6) is 0 Å². The van der Waals surface area contributed by atoms with Crippen molar-refractivity contribution in [2.24, 2.45) is 11.7 Å². The van der Waals surface area contributed by atoms with Crippen molar-refractivity contribution in [3.8, 4) is 0 Å². The van der Waals surface area contributed by atoms with Crippen molar-refractivity contribution in [3.05, 3.63) is 41.6 Å². The van der Waals surface area contributed by atoms with E-state index in [2.05, 4.69) is 5.32 Å². The molecule has 1 spiro atoms. The SMILES string of the molecule is CC(=N)C=C(N)C1CC12C(=O)Nc1ccccc12. The molecule has 4 nitrogen and oxygen atoms in total. The first-order valence-corrected chi connectivity index (χ1v) is 5.99. The zero-order valence-corrected chi connectivity index (χ0v) is 10.2. The third-order valence-electron chi connectivity index (χ3n) is 3.81. The average molecular weight is 241 g/mol. The number of carbonyl (C=O) groups excluding carboxylic acids is 1. The Balaban J connectivity index is 2.00. The molecule has 18 heavy (non-hydrogen) atoms. The first kappa shape index (κ1) is 11.0. The molecule has 2 aliphatic rings. The number of hydrogen-bond acceptors (Lipinski definition) is 3. The molecule has 92 valence electrons. The van der Waals surface area contributed by atoms with E-state index >= 15 is 0 Å². The van der Waals surface area contributed by atoms with Crippen LogP contribution in [0.25, 0.3) is 0 Å². The first-order valence-electron chi connectivity index (χ1n) is 5.99. The molecule has 1 saturated carbocycles. The van der Waals surface area contributed by atoms with Gasteiger partial charge in [-0.1, -0.05) is 18.2 Å². The fraction of sp³-hybridized carbons (Fsp3) is 0.286. The number of anilines is 1. The van der Waals surface area contributed by atoms with Gasteiger partial charge in [-0.15, -0.1) is 0 Å². The minimum atomic E-state index is -0.480. The van der Waals surface area contributed by atoms with Gasteiger partial charge in [-0.25, -0.2) is 0 Å². The van der Waals surface area contributed by atoms with Crippen LogP contribution in [0.15, 0.2) is 36.0 Å². The molecule has 1 amide bonds. The molecule has 1 aromatic carbocycles. The number of nitrogens with one attached hydrogen (secondary N) is 2. The van der Waals surface area contributed by atoms with Crippen molar-refractivity contribution in [2.75, 3.05) is 5.32 Å². The Labute approximate surface area is 105 Å². The van der Waals surface area contributed by atoms with E-state index in [-0.39, 0.29) is 11.8 Å². The van der Waals surface area contributed by atoms with Gasteiger partial charge in [0.25, 0.3) is 0 Å². The molecule has 0 saturated heterocycles. The normalized spacial score (nSPS) is 29.1. The number of para-hydroxylation sites is 1. The fourth-order valence-corrected chi connectivity index (χ4v) is 2.90. The van der Waals surface area contributed by atoms with Gasteiger partial charge in [0.15, 0.2) is 0 Å². The maximum absolute atomic E-state index is 12.2. The maximum Gasteiger partial charge on any atom is 0.235 e. The van der Waals surface area contributed by atoms with E-state index in [4.69, 9.17) is 11.1 Å². The highest BCUT2D eigenvalue weighted by Crippen LogP contribution is 2.61. The lowest BCUT2D eigenvalue weighted by molar-refractivity contribution is -0.118. The van der Waals surface area contributed by atoms with Gasteiger partial charge in [0.2, 0.25) is 5.91 Å². The van der Waals surface area contributed by atoms with E-state index in [1.54, 1.807) is 13.0 Å². The largest absolute Gasteiger partial charge is 0.402 e. The van der Waals surface area contributed by atoms with Crippen molar-refractivity contribution in [1.82, 2.24) is 0 Å². The zero-order chi connectivity index (χ0) is 12.9. The number of carbonyl (C=O) groups is 1. The van der Waals surface area contributed by atoms with Gasteiger partial charge in [0.1, 0.15) is 0 Å². The van der Waals surface area contributed by atoms with Crippen LogP contribution < -0.4 is 11.1 Å². The van der Waals surface area contributed by atoms with Crippen molar-refractivity contribution in [3.63, 3.8) is 0 Å². The summed E-state index contributed by atoms with van der Waals surface area (Å²) < 4.78 is 0. The summed E-state index contributed by atoms with van der Waals surface area (Å²) in [4.78, 5) is 12.2. The molecule has 1 heterocycles. The minimum absolute atomic E-state index is 0.0291. The van der Waals surface area contributed by atoms with Crippen LogP contribution in [0.2, 0.25) is 0 Å². The summed E-state index contributed by atoms with van der Waals surface area (Å²) >= 11 is 0. The predicted octanol–water partition coefficient (Wildman–Crippen LogP) is 1.78. The summed E-state index contributed by atoms with van der Waals surface area (Å²) in [5.41, 5.74) is 8.50. The Morgan fingerprint density at radius 1 is 1.56 bits per heavy atom. The van der Waals surface area contributed by atoms with E-state index in [0.717, 1.165) is 17.7 Å². The Bertz CT molecular complexity index is 590. The molecule has 1 aliphatic carbocycles. The molecule has 2 unspecified atom stereocenters. The van der Waals surface area contributed by atoms with Crippen LogP contribution in [0, 0.1) is 11.3 Å². The smallest absolute Gasteiger partial charge is 0.235 e. The van der Waals surface area contributed by atoms with E-state index in [1.807, 2.05) is 24.3 Å². The number of rotatable bonds is 2. The highest BCUT2D eigenvalue weighted by atomic mass is 16.2. The summed E-state index contributed by atoms with van der Waals surface area (Å²) in [5.74, 6) is 0.0640. The Morgan fingerprint density at radius 2 is 2.28 bits per heavy atom. The number of fused-ring (bicyclic) bond motifs is 2. The number of amides is 1. The molecule has 0 aromatic heterocycles. The molecule has 2 atom stereocenters. The standard InChI is InChI=1S/C14H15N3O/c1-8(15)6-11(16)10-7-14(10)9-4-2-3-5-12(9)17-13(14)18/h2-6,10,15H,7,16H2,1H3,(H,17,18). The Kier molecular flexibility index (Phi) is 2.11. The van der Waals surface area contributed by atoms with E-state index in [1.165, 1.54) is 0 Å². The number of hydrogen-bond donors (Lipinski definition) is 3. The summed E-state index contributed by atoms with van der Waals surface area (Å²) in [7, 11) is 0. The van der Waals surface area contributed by atoms with Gasteiger partial charge in [-0.2, -0.15) is 0 Å². The van der Waals surface area contributed by atoms with Crippen molar-refractivity contribution < 1.29 is 4.79 Å². The lowest BCUT2D eigenvalue weighted by Crippen LogP contribution is -2.23. The number of nitrogens with two attached hydrogens (primary N) is 1. The van der Waals surface area contributed by atoms with Crippen LogP contribution in [-0.2, 0) is 10.2 Å². The van der Waals surface area contributed by atoms with Crippen LogP contribution in [0.1, 0.15) is 18.9 Å². The van der Waals surface area contributed by atoms with Crippen molar-refractivity contribution >= 4 is 17.3 Å². The second kappa shape index (κ2) is 3.45. The monoisotopic (exact) mass is 241 g/mol. The maximum atomic E-state index is 12.2. The van der Waals surface area contributed by atoms with Crippen LogP contribution >= 0.6 is 0 Å². The Hall–Kier alpha value is -2.10. The highest BCUT2D eigenvalue weighted by Gasteiger charge is 2.65. The quantitative estimate of drug-likeness (QED) is 0.690. The van der Waals surface area contributed by atoms with E-state index in [9.17, 15) is 4.79 Å². The third kappa shape index (κ3) is 1.32.